The van der Waals surface area contributed by atoms with Crippen molar-refractivity contribution in [3.05, 3.63) is 122 Å². The van der Waals surface area contributed by atoms with Crippen LogP contribution in [0.4, 0.5) is 4.39 Å². The lowest BCUT2D eigenvalue weighted by Gasteiger charge is -2.25. The van der Waals surface area contributed by atoms with Gasteiger partial charge in [-0.25, -0.2) is 14.2 Å². The van der Waals surface area contributed by atoms with Crippen molar-refractivity contribution in [1.82, 2.24) is 4.57 Å². The number of ether oxygens (including phenoxy) is 2. The van der Waals surface area contributed by atoms with E-state index < -0.39 is 17.8 Å². The summed E-state index contributed by atoms with van der Waals surface area (Å²) in [4.78, 5) is 32.6. The number of esters is 1. The zero-order valence-corrected chi connectivity index (χ0v) is 25.9. The fourth-order valence-corrected chi connectivity index (χ4v) is 7.67. The highest BCUT2D eigenvalue weighted by Gasteiger charge is 2.35. The molecule has 4 aromatic rings. The Morgan fingerprint density at radius 1 is 1.10 bits per heavy atom. The average molecular weight is 766 g/mol. The van der Waals surface area contributed by atoms with E-state index in [-0.39, 0.29) is 17.7 Å². The number of hydrogen-bond acceptors (Lipinski definition) is 6. The summed E-state index contributed by atoms with van der Waals surface area (Å²) < 4.78 is 28.6. The minimum absolute atomic E-state index is 0.152. The highest BCUT2D eigenvalue weighted by Crippen LogP contribution is 2.35. The van der Waals surface area contributed by atoms with Crippen molar-refractivity contribution in [2.75, 3.05) is 13.7 Å². The maximum Gasteiger partial charge on any atom is 0.338 e. The van der Waals surface area contributed by atoms with E-state index in [0.29, 0.717) is 26.2 Å². The molecule has 198 valence electrons. The Labute approximate surface area is 254 Å². The Morgan fingerprint density at radius 2 is 1.77 bits per heavy atom. The first-order valence-corrected chi connectivity index (χ1v) is 14.9. The van der Waals surface area contributed by atoms with Gasteiger partial charge in [0.05, 0.1) is 42.7 Å². The van der Waals surface area contributed by atoms with Crippen LogP contribution in [0.15, 0.2) is 82.1 Å². The molecule has 1 atom stereocenters. The number of thiazole rings is 1. The second-order valence-corrected chi connectivity index (χ2v) is 11.8. The summed E-state index contributed by atoms with van der Waals surface area (Å²) in [6.07, 6.45) is 1.81. The van der Waals surface area contributed by atoms with Crippen LogP contribution >= 0.6 is 56.5 Å². The summed E-state index contributed by atoms with van der Waals surface area (Å²) in [7, 11) is 1.62. The lowest BCUT2D eigenvalue weighted by Crippen LogP contribution is -2.40. The number of methoxy groups -OCH3 is 1. The third kappa shape index (κ3) is 5.46. The van der Waals surface area contributed by atoms with Gasteiger partial charge in [-0.15, -0.1) is 0 Å². The van der Waals surface area contributed by atoms with Crippen molar-refractivity contribution in [2.24, 2.45) is 4.99 Å². The van der Waals surface area contributed by atoms with Crippen LogP contribution in [-0.2, 0) is 9.53 Å². The van der Waals surface area contributed by atoms with Crippen molar-refractivity contribution >= 4 is 74.3 Å². The van der Waals surface area contributed by atoms with Gasteiger partial charge in [0.2, 0.25) is 0 Å². The molecule has 6 nitrogen and oxygen atoms in total. The van der Waals surface area contributed by atoms with Gasteiger partial charge in [-0.3, -0.25) is 9.36 Å². The first kappa shape index (κ1) is 27.7. The standard InChI is InChI=1S/C29H21FI2N2O4S/c1-3-38-28(36)23-24(17-7-5-4-6-8-17)33-29-34(25(23)18-9-11-19(30)12-10-18)27(35)22(39-29)15-16-13-20(31)26(37-2)21(32)14-16/h4-15,25H,3H2,1-2H3/b22-15-/t25-/m0/s1. The molecule has 1 aliphatic heterocycles. The van der Waals surface area contributed by atoms with Crippen molar-refractivity contribution < 1.29 is 18.7 Å². The number of rotatable bonds is 6. The fourth-order valence-electron chi connectivity index (χ4n) is 4.41. The molecule has 0 bridgehead atoms. The number of aromatic nitrogens is 1. The van der Waals surface area contributed by atoms with E-state index in [4.69, 9.17) is 14.5 Å². The Bertz CT molecular complexity index is 1760. The van der Waals surface area contributed by atoms with Crippen molar-refractivity contribution in [3.63, 3.8) is 0 Å². The summed E-state index contributed by atoms with van der Waals surface area (Å²) in [5, 5.41) is 0. The molecule has 1 aromatic heterocycles. The SMILES string of the molecule is CCOC(=O)C1=C(c2ccccc2)N=c2s/c(=C\c3cc(I)c(OC)c(I)c3)c(=O)n2[C@H]1c1ccc(F)cc1. The molecule has 0 saturated carbocycles. The molecule has 0 radical (unpaired) electrons. The largest absolute Gasteiger partial charge is 0.495 e. The second kappa shape index (κ2) is 11.7. The van der Waals surface area contributed by atoms with Gasteiger partial charge in [0, 0.05) is 5.56 Å². The number of hydrogen-bond donors (Lipinski definition) is 0. The topological polar surface area (TPSA) is 69.9 Å². The van der Waals surface area contributed by atoms with Gasteiger partial charge in [-0.05, 0) is 93.6 Å². The van der Waals surface area contributed by atoms with Crippen molar-refractivity contribution in [3.8, 4) is 5.75 Å². The molecule has 1 aliphatic rings. The first-order chi connectivity index (χ1) is 18.8. The molecule has 5 rings (SSSR count). The summed E-state index contributed by atoms with van der Waals surface area (Å²) in [5.41, 5.74) is 2.46. The lowest BCUT2D eigenvalue weighted by atomic mass is 9.93. The predicted octanol–water partition coefficient (Wildman–Crippen LogP) is 5.29. The molecule has 0 spiro atoms. The number of fused-ring (bicyclic) bond motifs is 1. The van der Waals surface area contributed by atoms with Crippen LogP contribution in [0.3, 0.4) is 0 Å². The van der Waals surface area contributed by atoms with E-state index in [0.717, 1.165) is 18.5 Å². The normalized spacial score (nSPS) is 15.1. The first-order valence-electron chi connectivity index (χ1n) is 11.9. The van der Waals surface area contributed by atoms with Crippen molar-refractivity contribution in [2.45, 2.75) is 13.0 Å². The second-order valence-electron chi connectivity index (χ2n) is 8.50. The molecule has 3 aromatic carbocycles. The number of benzene rings is 3. The smallest absolute Gasteiger partial charge is 0.338 e. The number of halogens is 3. The molecule has 39 heavy (non-hydrogen) atoms. The van der Waals surface area contributed by atoms with Crippen molar-refractivity contribution in [1.29, 1.82) is 0 Å². The molecule has 0 N–H and O–H groups in total. The van der Waals surface area contributed by atoms with E-state index in [1.54, 1.807) is 26.2 Å². The Hall–Kier alpha value is -2.84. The van der Waals surface area contributed by atoms with Gasteiger partial charge in [0.15, 0.2) is 4.80 Å². The maximum absolute atomic E-state index is 13.9. The van der Waals surface area contributed by atoms with E-state index in [2.05, 4.69) is 45.2 Å². The quantitative estimate of drug-likeness (QED) is 0.198. The highest BCUT2D eigenvalue weighted by molar-refractivity contribution is 14.1. The molecular formula is C29H21FI2N2O4S. The lowest BCUT2D eigenvalue weighted by molar-refractivity contribution is -0.138. The van der Waals surface area contributed by atoms with Crippen LogP contribution in [0, 0.1) is 13.0 Å². The zero-order valence-electron chi connectivity index (χ0n) is 20.8. The number of nitrogens with zero attached hydrogens (tertiary/aromatic N) is 2. The molecule has 0 aliphatic carbocycles. The van der Waals surface area contributed by atoms with Crippen LogP contribution < -0.4 is 19.6 Å². The van der Waals surface area contributed by atoms with Gasteiger partial charge >= 0.3 is 5.97 Å². The Morgan fingerprint density at radius 3 is 2.38 bits per heavy atom. The molecule has 2 heterocycles. The van der Waals surface area contributed by atoms with Gasteiger partial charge in [0.25, 0.3) is 5.56 Å². The number of carbonyl (C=O) groups excluding carboxylic acids is 1. The van der Waals surface area contributed by atoms with Crippen LogP contribution in [-0.4, -0.2) is 24.3 Å². The molecular weight excluding hydrogens is 745 g/mol. The fraction of sp³-hybridized carbons (Fsp3) is 0.138. The van der Waals surface area contributed by atoms with Crippen LogP contribution in [0.2, 0.25) is 0 Å². The van der Waals surface area contributed by atoms with E-state index >= 15 is 0 Å². The minimum Gasteiger partial charge on any atom is -0.495 e. The summed E-state index contributed by atoms with van der Waals surface area (Å²) in [6, 6.07) is 18.1. The van der Waals surface area contributed by atoms with Crippen LogP contribution in [0.1, 0.15) is 29.7 Å². The Balaban J connectivity index is 1.81. The van der Waals surface area contributed by atoms with E-state index in [1.807, 2.05) is 48.5 Å². The van der Waals surface area contributed by atoms with E-state index in [9.17, 15) is 14.0 Å². The molecule has 0 unspecified atom stereocenters. The van der Waals surface area contributed by atoms with Gasteiger partial charge in [-0.2, -0.15) is 0 Å². The minimum atomic E-state index is -0.852. The molecule has 0 fully saturated rings. The van der Waals surface area contributed by atoms with Crippen LogP contribution in [0.25, 0.3) is 11.8 Å². The molecule has 0 saturated heterocycles. The average Bonchev–Trinajstić information content (AvgIpc) is 3.23. The molecule has 0 amide bonds. The van der Waals surface area contributed by atoms with Gasteiger partial charge in [-0.1, -0.05) is 53.8 Å². The monoisotopic (exact) mass is 766 g/mol. The predicted molar refractivity (Wildman–Crippen MR) is 166 cm³/mol. The number of carbonyl (C=O) groups is 1. The zero-order chi connectivity index (χ0) is 27.7. The van der Waals surface area contributed by atoms with Gasteiger partial charge in [0.1, 0.15) is 11.6 Å². The maximum atomic E-state index is 13.9. The summed E-state index contributed by atoms with van der Waals surface area (Å²) in [5.74, 6) is -0.222. The van der Waals surface area contributed by atoms with Crippen LogP contribution in [0.5, 0.6) is 5.75 Å². The van der Waals surface area contributed by atoms with E-state index in [1.165, 1.54) is 28.0 Å². The summed E-state index contributed by atoms with van der Waals surface area (Å²) >= 11 is 5.64. The summed E-state index contributed by atoms with van der Waals surface area (Å²) in [6.45, 7) is 1.88. The highest BCUT2D eigenvalue weighted by atomic mass is 127. The molecule has 10 heteroatoms. The Kier molecular flexibility index (Phi) is 8.33. The third-order valence-corrected chi connectivity index (χ3v) is 8.67. The third-order valence-electron chi connectivity index (χ3n) is 6.08. The van der Waals surface area contributed by atoms with Gasteiger partial charge < -0.3 is 9.47 Å².